The van der Waals surface area contributed by atoms with Crippen molar-refractivity contribution in [2.75, 3.05) is 7.11 Å². The number of carbonyl (C=O) groups excluding carboxylic acids is 1. The number of esters is 1. The minimum absolute atomic E-state index is 0.287. The van der Waals surface area contributed by atoms with Gasteiger partial charge in [-0.3, -0.25) is 4.79 Å². The van der Waals surface area contributed by atoms with E-state index in [4.69, 9.17) is 14.7 Å². The molecule has 0 amide bonds. The van der Waals surface area contributed by atoms with Gasteiger partial charge in [0.1, 0.15) is 17.3 Å². The quantitative estimate of drug-likeness (QED) is 0.782. The second-order valence-electron chi connectivity index (χ2n) is 5.23. The smallest absolute Gasteiger partial charge is 0.324 e. The molecule has 0 N–H and O–H groups in total. The first-order valence-electron chi connectivity index (χ1n) is 6.11. The van der Waals surface area contributed by atoms with Gasteiger partial charge in [0, 0.05) is 6.42 Å². The average Bonchev–Trinajstić information content (AvgIpc) is 2.34. The summed E-state index contributed by atoms with van der Waals surface area (Å²) in [5.74, 6) is -0.650. The third kappa shape index (κ3) is 4.63. The monoisotopic (exact) mass is 261 g/mol. The zero-order valence-electron chi connectivity index (χ0n) is 11.8. The van der Waals surface area contributed by atoms with E-state index in [0.717, 1.165) is 5.56 Å². The molecular weight excluding hydrogens is 242 g/mol. The van der Waals surface area contributed by atoms with Gasteiger partial charge in [-0.2, -0.15) is 5.26 Å². The second-order valence-corrected chi connectivity index (χ2v) is 5.23. The largest absolute Gasteiger partial charge is 0.496 e. The second kappa shape index (κ2) is 6.24. The van der Waals surface area contributed by atoms with Crippen LogP contribution in [0.25, 0.3) is 0 Å². The van der Waals surface area contributed by atoms with Gasteiger partial charge in [-0.05, 0) is 32.4 Å². The Bertz CT molecular complexity index is 483. The van der Waals surface area contributed by atoms with E-state index in [-0.39, 0.29) is 6.42 Å². The van der Waals surface area contributed by atoms with Gasteiger partial charge in [0.25, 0.3) is 0 Å². The Morgan fingerprint density at radius 2 is 2.00 bits per heavy atom. The van der Waals surface area contributed by atoms with Crippen molar-refractivity contribution in [3.63, 3.8) is 0 Å². The highest BCUT2D eigenvalue weighted by Gasteiger charge is 2.26. The summed E-state index contributed by atoms with van der Waals surface area (Å²) >= 11 is 0. The molecule has 1 aromatic rings. The zero-order chi connectivity index (χ0) is 14.5. The Hall–Kier alpha value is -2.02. The Morgan fingerprint density at radius 3 is 2.53 bits per heavy atom. The van der Waals surface area contributed by atoms with E-state index in [1.807, 2.05) is 24.3 Å². The van der Waals surface area contributed by atoms with Gasteiger partial charge in [-0.15, -0.1) is 0 Å². The van der Waals surface area contributed by atoms with Crippen molar-refractivity contribution in [2.24, 2.45) is 5.92 Å². The lowest BCUT2D eigenvalue weighted by Crippen LogP contribution is -2.29. The fourth-order valence-corrected chi connectivity index (χ4v) is 1.65. The summed E-state index contributed by atoms with van der Waals surface area (Å²) in [6, 6.07) is 9.33. The Labute approximate surface area is 113 Å². The van der Waals surface area contributed by atoms with Crippen LogP contribution in [0.5, 0.6) is 5.75 Å². The molecule has 1 atom stereocenters. The van der Waals surface area contributed by atoms with Gasteiger partial charge in [0.2, 0.25) is 0 Å². The summed E-state index contributed by atoms with van der Waals surface area (Å²) in [4.78, 5) is 11.9. The Morgan fingerprint density at radius 1 is 1.37 bits per heavy atom. The number of nitriles is 1. The summed E-state index contributed by atoms with van der Waals surface area (Å²) in [7, 11) is 1.56. The zero-order valence-corrected chi connectivity index (χ0v) is 11.8. The van der Waals surface area contributed by atoms with Gasteiger partial charge in [0.15, 0.2) is 0 Å². The molecule has 19 heavy (non-hydrogen) atoms. The summed E-state index contributed by atoms with van der Waals surface area (Å²) in [6.45, 7) is 5.34. The highest BCUT2D eigenvalue weighted by Crippen LogP contribution is 2.22. The van der Waals surface area contributed by atoms with Crippen LogP contribution in [-0.2, 0) is 16.0 Å². The molecule has 1 unspecified atom stereocenters. The number of carbonyl (C=O) groups is 1. The highest BCUT2D eigenvalue weighted by atomic mass is 16.6. The van der Waals surface area contributed by atoms with E-state index in [9.17, 15) is 4.79 Å². The number of para-hydroxylation sites is 1. The molecular formula is C15H19NO3. The van der Waals surface area contributed by atoms with Crippen molar-refractivity contribution < 1.29 is 14.3 Å². The normalized spacial score (nSPS) is 12.4. The predicted molar refractivity (Wildman–Crippen MR) is 71.6 cm³/mol. The maximum absolute atomic E-state index is 11.9. The first-order valence-corrected chi connectivity index (χ1v) is 6.11. The number of hydrogen-bond acceptors (Lipinski definition) is 4. The lowest BCUT2D eigenvalue weighted by Gasteiger charge is -2.21. The van der Waals surface area contributed by atoms with E-state index in [1.165, 1.54) is 0 Å². The van der Waals surface area contributed by atoms with E-state index in [2.05, 4.69) is 0 Å². The third-order valence-electron chi connectivity index (χ3n) is 2.46. The number of hydrogen-bond donors (Lipinski definition) is 0. The molecule has 0 bridgehead atoms. The average molecular weight is 261 g/mol. The molecule has 4 heteroatoms. The van der Waals surface area contributed by atoms with Gasteiger partial charge in [-0.1, -0.05) is 18.2 Å². The number of benzene rings is 1. The van der Waals surface area contributed by atoms with E-state index >= 15 is 0 Å². The maximum Gasteiger partial charge on any atom is 0.324 e. The van der Waals surface area contributed by atoms with Crippen molar-refractivity contribution in [3.8, 4) is 11.8 Å². The number of nitrogens with zero attached hydrogens (tertiary/aromatic N) is 1. The van der Waals surface area contributed by atoms with Gasteiger partial charge in [-0.25, -0.2) is 0 Å². The van der Waals surface area contributed by atoms with Crippen LogP contribution < -0.4 is 4.74 Å². The summed E-state index contributed by atoms with van der Waals surface area (Å²) in [6.07, 6.45) is 0.287. The topological polar surface area (TPSA) is 59.3 Å². The molecule has 0 aromatic heterocycles. The van der Waals surface area contributed by atoms with Crippen LogP contribution in [0.15, 0.2) is 24.3 Å². The fourth-order valence-electron chi connectivity index (χ4n) is 1.65. The third-order valence-corrected chi connectivity index (χ3v) is 2.46. The summed E-state index contributed by atoms with van der Waals surface area (Å²) in [5.41, 5.74) is 0.231. The van der Waals surface area contributed by atoms with Crippen LogP contribution in [-0.4, -0.2) is 18.7 Å². The van der Waals surface area contributed by atoms with Gasteiger partial charge < -0.3 is 9.47 Å². The van der Waals surface area contributed by atoms with Crippen LogP contribution in [0.2, 0.25) is 0 Å². The number of rotatable bonds is 4. The van der Waals surface area contributed by atoms with Crippen molar-refractivity contribution >= 4 is 5.97 Å². The lowest BCUT2D eigenvalue weighted by atomic mass is 9.99. The SMILES string of the molecule is COc1ccccc1CC(C#N)C(=O)OC(C)(C)C. The Balaban J connectivity index is 2.83. The van der Waals surface area contributed by atoms with Crippen molar-refractivity contribution in [2.45, 2.75) is 32.8 Å². The minimum atomic E-state index is -0.824. The van der Waals surface area contributed by atoms with Crippen molar-refractivity contribution in [1.82, 2.24) is 0 Å². The van der Waals surface area contributed by atoms with Crippen LogP contribution >= 0.6 is 0 Å². The predicted octanol–water partition coefficient (Wildman–Crippen LogP) is 2.72. The van der Waals surface area contributed by atoms with Gasteiger partial charge in [0.05, 0.1) is 13.2 Å². The van der Waals surface area contributed by atoms with Crippen LogP contribution in [0, 0.1) is 17.2 Å². The molecule has 0 saturated carbocycles. The van der Waals surface area contributed by atoms with E-state index in [0.29, 0.717) is 5.75 Å². The molecule has 0 saturated heterocycles. The fraction of sp³-hybridized carbons (Fsp3) is 0.467. The molecule has 4 nitrogen and oxygen atoms in total. The van der Waals surface area contributed by atoms with Crippen LogP contribution in [0.3, 0.4) is 0 Å². The molecule has 102 valence electrons. The highest BCUT2D eigenvalue weighted by molar-refractivity contribution is 5.76. The number of methoxy groups -OCH3 is 1. The molecule has 1 aromatic carbocycles. The molecule has 1 rings (SSSR count). The molecule has 0 aliphatic rings. The van der Waals surface area contributed by atoms with Crippen molar-refractivity contribution in [3.05, 3.63) is 29.8 Å². The molecule has 0 aliphatic heterocycles. The molecule has 0 aliphatic carbocycles. The Kier molecular flexibility index (Phi) is 4.94. The number of ether oxygens (including phenoxy) is 2. The first kappa shape index (κ1) is 15.0. The minimum Gasteiger partial charge on any atom is -0.496 e. The maximum atomic E-state index is 11.9. The molecule has 0 heterocycles. The van der Waals surface area contributed by atoms with Crippen LogP contribution in [0.4, 0.5) is 0 Å². The summed E-state index contributed by atoms with van der Waals surface area (Å²) < 4.78 is 10.4. The van der Waals surface area contributed by atoms with Crippen molar-refractivity contribution in [1.29, 1.82) is 5.26 Å². The van der Waals surface area contributed by atoms with E-state index < -0.39 is 17.5 Å². The lowest BCUT2D eigenvalue weighted by molar-refractivity contribution is -0.157. The molecule has 0 radical (unpaired) electrons. The standard InChI is InChI=1S/C15H19NO3/c1-15(2,3)19-14(17)12(10-16)9-11-7-5-6-8-13(11)18-4/h5-8,12H,9H2,1-4H3. The summed E-state index contributed by atoms with van der Waals surface area (Å²) in [5, 5.41) is 9.13. The molecule has 0 spiro atoms. The first-order chi connectivity index (χ1) is 8.87. The van der Waals surface area contributed by atoms with Gasteiger partial charge >= 0.3 is 5.97 Å². The molecule has 0 fully saturated rings. The van der Waals surface area contributed by atoms with Crippen LogP contribution in [0.1, 0.15) is 26.3 Å². The van der Waals surface area contributed by atoms with E-state index in [1.54, 1.807) is 33.9 Å².